The van der Waals surface area contributed by atoms with Gasteiger partial charge in [0.15, 0.2) is 0 Å². The molecule has 0 spiro atoms. The van der Waals surface area contributed by atoms with Crippen molar-refractivity contribution < 1.29 is 14.4 Å². The Morgan fingerprint density at radius 2 is 1.17 bits per heavy atom. The lowest BCUT2D eigenvalue weighted by molar-refractivity contribution is -0.136. The first-order chi connectivity index (χ1) is 14.5. The van der Waals surface area contributed by atoms with Gasteiger partial charge in [0, 0.05) is 17.3 Å². The van der Waals surface area contributed by atoms with Crippen LogP contribution in [0.25, 0.3) is 0 Å². The number of aldehydes is 1. The second-order valence-corrected chi connectivity index (χ2v) is 7.45. The first-order valence-electron chi connectivity index (χ1n) is 10.0. The fourth-order valence-corrected chi connectivity index (χ4v) is 3.53. The van der Waals surface area contributed by atoms with E-state index in [2.05, 4.69) is 0 Å². The molecule has 0 fully saturated rings. The smallest absolute Gasteiger partial charge is 0.243 e. The molecule has 3 aromatic rings. The Bertz CT molecular complexity index is 945. The monoisotopic (exact) mass is 399 g/mol. The van der Waals surface area contributed by atoms with Crippen LogP contribution in [-0.4, -0.2) is 18.0 Å². The quantitative estimate of drug-likeness (QED) is 0.388. The number of carbonyl (C=O) groups excluding carboxylic acids is 3. The van der Waals surface area contributed by atoms with Crippen LogP contribution < -0.4 is 4.90 Å². The molecule has 0 aromatic heterocycles. The molecule has 0 N–H and O–H groups in total. The molecule has 0 saturated heterocycles. The first kappa shape index (κ1) is 21.2. The molecule has 4 heteroatoms. The van der Waals surface area contributed by atoms with Crippen molar-refractivity contribution in [2.75, 3.05) is 4.90 Å². The number of para-hydroxylation sites is 2. The number of hydrogen-bond donors (Lipinski definition) is 0. The summed E-state index contributed by atoms with van der Waals surface area (Å²) >= 11 is 0. The van der Waals surface area contributed by atoms with E-state index in [9.17, 15) is 14.4 Å². The molecule has 3 aromatic carbocycles. The van der Waals surface area contributed by atoms with Crippen LogP contribution in [0.4, 0.5) is 11.4 Å². The van der Waals surface area contributed by atoms with E-state index in [0.29, 0.717) is 23.2 Å². The molecular weight excluding hydrogens is 374 g/mol. The minimum absolute atomic E-state index is 0.252. The van der Waals surface area contributed by atoms with Crippen LogP contribution in [0.3, 0.4) is 0 Å². The maximum Gasteiger partial charge on any atom is 0.243 e. The van der Waals surface area contributed by atoms with Crippen LogP contribution in [0, 0.1) is 11.8 Å². The van der Waals surface area contributed by atoms with E-state index in [1.165, 1.54) is 4.90 Å². The number of benzene rings is 3. The van der Waals surface area contributed by atoms with Crippen molar-refractivity contribution >= 4 is 29.4 Å². The largest absolute Gasteiger partial charge is 0.303 e. The fourth-order valence-electron chi connectivity index (χ4n) is 3.53. The Balaban J connectivity index is 2.14. The van der Waals surface area contributed by atoms with Gasteiger partial charge in [-0.25, -0.2) is 0 Å². The van der Waals surface area contributed by atoms with E-state index in [0.717, 1.165) is 0 Å². The van der Waals surface area contributed by atoms with Crippen molar-refractivity contribution in [3.63, 3.8) is 0 Å². The lowest BCUT2D eigenvalue weighted by atomic mass is 9.79. The fraction of sp³-hybridized carbons (Fsp3) is 0.192. The number of nitrogens with zero attached hydrogens (tertiary/aromatic N) is 1. The van der Waals surface area contributed by atoms with Gasteiger partial charge in [-0.05, 0) is 29.8 Å². The van der Waals surface area contributed by atoms with Gasteiger partial charge >= 0.3 is 0 Å². The summed E-state index contributed by atoms with van der Waals surface area (Å²) in [6.45, 7) is 3.51. The van der Waals surface area contributed by atoms with Crippen LogP contribution in [0.15, 0.2) is 91.0 Å². The van der Waals surface area contributed by atoms with Gasteiger partial charge < -0.3 is 4.79 Å². The van der Waals surface area contributed by atoms with Crippen molar-refractivity contribution in [2.45, 2.75) is 19.8 Å². The van der Waals surface area contributed by atoms with Crippen LogP contribution in [0.2, 0.25) is 0 Å². The number of anilines is 2. The average Bonchev–Trinajstić information content (AvgIpc) is 2.79. The summed E-state index contributed by atoms with van der Waals surface area (Å²) in [5.74, 6) is -3.03. The average molecular weight is 399 g/mol. The van der Waals surface area contributed by atoms with Gasteiger partial charge in [0.2, 0.25) is 5.91 Å². The maximum absolute atomic E-state index is 13.9. The van der Waals surface area contributed by atoms with Gasteiger partial charge in [-0.15, -0.1) is 0 Å². The van der Waals surface area contributed by atoms with E-state index in [-0.39, 0.29) is 5.78 Å². The third kappa shape index (κ3) is 4.54. The lowest BCUT2D eigenvalue weighted by Crippen LogP contribution is -2.42. The van der Waals surface area contributed by atoms with Crippen molar-refractivity contribution in [3.05, 3.63) is 96.6 Å². The molecule has 0 saturated carbocycles. The van der Waals surface area contributed by atoms with Gasteiger partial charge in [0.05, 0.1) is 5.92 Å². The predicted octanol–water partition coefficient (Wildman–Crippen LogP) is 5.18. The van der Waals surface area contributed by atoms with Crippen LogP contribution in [-0.2, 0) is 14.4 Å². The molecule has 4 nitrogen and oxygen atoms in total. The summed E-state index contributed by atoms with van der Waals surface area (Å²) in [4.78, 5) is 40.8. The van der Waals surface area contributed by atoms with Crippen molar-refractivity contribution in [1.29, 1.82) is 0 Å². The topological polar surface area (TPSA) is 54.5 Å². The standard InChI is InChI=1S/C26H25NO3/c1-19(2)25(29)24(23(18-28)20-12-6-3-7-13-20)26(30)27(21-14-8-4-9-15-21)22-16-10-5-11-17-22/h3-19,23-24H,1-2H3/t23-,24+/m1/s1. The number of Topliss-reactive ketones (excluding diaryl/α,β-unsaturated/α-hetero) is 1. The highest BCUT2D eigenvalue weighted by Crippen LogP contribution is 2.33. The molecule has 152 valence electrons. The summed E-state index contributed by atoms with van der Waals surface area (Å²) in [7, 11) is 0. The molecule has 0 aliphatic carbocycles. The molecule has 2 atom stereocenters. The molecule has 0 radical (unpaired) electrons. The van der Waals surface area contributed by atoms with Gasteiger partial charge in [-0.3, -0.25) is 14.5 Å². The van der Waals surface area contributed by atoms with Crippen molar-refractivity contribution in [1.82, 2.24) is 0 Å². The van der Waals surface area contributed by atoms with E-state index < -0.39 is 23.7 Å². The number of amides is 1. The Labute approximate surface area is 177 Å². The first-order valence-corrected chi connectivity index (χ1v) is 10.0. The normalized spacial score (nSPS) is 12.8. The summed E-state index contributed by atoms with van der Waals surface area (Å²) < 4.78 is 0. The summed E-state index contributed by atoms with van der Waals surface area (Å²) in [6, 6.07) is 27.4. The zero-order valence-electron chi connectivity index (χ0n) is 17.1. The van der Waals surface area contributed by atoms with Crippen LogP contribution >= 0.6 is 0 Å². The molecule has 0 aliphatic rings. The molecule has 0 heterocycles. The highest BCUT2D eigenvalue weighted by molar-refractivity contribution is 6.14. The highest BCUT2D eigenvalue weighted by Gasteiger charge is 2.40. The molecule has 1 amide bonds. The van der Waals surface area contributed by atoms with Gasteiger partial charge in [0.1, 0.15) is 18.0 Å². The third-order valence-corrected chi connectivity index (χ3v) is 5.08. The maximum atomic E-state index is 13.9. The number of ketones is 1. The lowest BCUT2D eigenvalue weighted by Gasteiger charge is -2.30. The zero-order valence-corrected chi connectivity index (χ0v) is 17.1. The Morgan fingerprint density at radius 1 is 0.733 bits per heavy atom. The Morgan fingerprint density at radius 3 is 1.57 bits per heavy atom. The minimum atomic E-state index is -1.12. The number of carbonyl (C=O) groups is 3. The second-order valence-electron chi connectivity index (χ2n) is 7.45. The van der Waals surface area contributed by atoms with Crippen molar-refractivity contribution in [2.24, 2.45) is 11.8 Å². The predicted molar refractivity (Wildman–Crippen MR) is 119 cm³/mol. The van der Waals surface area contributed by atoms with Crippen LogP contribution in [0.5, 0.6) is 0 Å². The molecule has 0 unspecified atom stereocenters. The molecule has 30 heavy (non-hydrogen) atoms. The molecule has 0 bridgehead atoms. The SMILES string of the molecule is CC(C)C(=O)[C@@H](C(=O)N(c1ccccc1)c1ccccc1)[C@H](C=O)c1ccccc1. The van der Waals surface area contributed by atoms with E-state index >= 15 is 0 Å². The van der Waals surface area contributed by atoms with Gasteiger partial charge in [-0.2, -0.15) is 0 Å². The molecule has 3 rings (SSSR count). The second kappa shape index (κ2) is 9.79. The summed E-state index contributed by atoms with van der Waals surface area (Å²) in [5.41, 5.74) is 1.95. The van der Waals surface area contributed by atoms with Gasteiger partial charge in [-0.1, -0.05) is 80.6 Å². The minimum Gasteiger partial charge on any atom is -0.303 e. The van der Waals surface area contributed by atoms with Gasteiger partial charge in [0.25, 0.3) is 0 Å². The Hall–Kier alpha value is -3.53. The van der Waals surface area contributed by atoms with E-state index in [4.69, 9.17) is 0 Å². The van der Waals surface area contributed by atoms with Crippen molar-refractivity contribution in [3.8, 4) is 0 Å². The summed E-state index contributed by atoms with van der Waals surface area (Å²) in [5, 5.41) is 0. The number of rotatable bonds is 8. The Kier molecular flexibility index (Phi) is 6.91. The molecule has 0 aliphatic heterocycles. The number of hydrogen-bond acceptors (Lipinski definition) is 3. The zero-order chi connectivity index (χ0) is 21.5. The highest BCUT2D eigenvalue weighted by atomic mass is 16.2. The third-order valence-electron chi connectivity index (χ3n) is 5.08. The van der Waals surface area contributed by atoms with E-state index in [1.54, 1.807) is 38.1 Å². The molecular formula is C26H25NO3. The van der Waals surface area contributed by atoms with Crippen LogP contribution in [0.1, 0.15) is 25.3 Å². The van der Waals surface area contributed by atoms with E-state index in [1.807, 2.05) is 66.7 Å². The summed E-state index contributed by atoms with van der Waals surface area (Å²) in [6.07, 6.45) is 0.715.